The highest BCUT2D eigenvalue weighted by Gasteiger charge is 2.26. The molecule has 0 bridgehead atoms. The maximum absolute atomic E-state index is 12.8. The minimum Gasteiger partial charge on any atom is -0.355 e. The standard InChI is InChI=1S/C27H37N7O/c1-20-7-6-8-22(19-20)26-30-29-24-11-12-25(31-34(24)26)33-16-13-21(14-17-33)27(35)28-15-18-32(2)23-9-4-3-5-10-23/h6-8,11-12,19,21,23H,3-5,9-10,13-18H2,1-2H3,(H,28,35). The van der Waals surface area contributed by atoms with Gasteiger partial charge in [-0.15, -0.1) is 15.3 Å². The number of piperidine rings is 1. The number of carbonyl (C=O) groups is 1. The molecule has 2 aromatic heterocycles. The van der Waals surface area contributed by atoms with Gasteiger partial charge in [0.05, 0.1) is 0 Å². The van der Waals surface area contributed by atoms with Gasteiger partial charge in [0.25, 0.3) is 0 Å². The van der Waals surface area contributed by atoms with Crippen LogP contribution >= 0.6 is 0 Å². The fraction of sp³-hybridized carbons (Fsp3) is 0.556. The third-order valence-corrected chi connectivity index (χ3v) is 7.68. The monoisotopic (exact) mass is 475 g/mol. The Morgan fingerprint density at radius 1 is 1.06 bits per heavy atom. The number of likely N-dealkylation sites (N-methyl/N-ethyl adjacent to an activating group) is 1. The van der Waals surface area contributed by atoms with Crippen LogP contribution in [0.25, 0.3) is 17.0 Å². The van der Waals surface area contributed by atoms with E-state index in [-0.39, 0.29) is 11.8 Å². The molecular weight excluding hydrogens is 438 g/mol. The Hall–Kier alpha value is -3.00. The fourth-order valence-electron chi connectivity index (χ4n) is 5.49. The lowest BCUT2D eigenvalue weighted by molar-refractivity contribution is -0.125. The summed E-state index contributed by atoms with van der Waals surface area (Å²) in [5.41, 5.74) is 2.92. The molecule has 1 saturated carbocycles. The molecule has 35 heavy (non-hydrogen) atoms. The zero-order valence-electron chi connectivity index (χ0n) is 21.0. The van der Waals surface area contributed by atoms with Crippen molar-refractivity contribution in [3.8, 4) is 11.4 Å². The second-order valence-electron chi connectivity index (χ2n) is 10.2. The van der Waals surface area contributed by atoms with Crippen LogP contribution in [0.5, 0.6) is 0 Å². The normalized spacial score (nSPS) is 17.9. The highest BCUT2D eigenvalue weighted by Crippen LogP contribution is 2.25. The lowest BCUT2D eigenvalue weighted by Gasteiger charge is -2.33. The number of rotatable bonds is 7. The Morgan fingerprint density at radius 2 is 1.86 bits per heavy atom. The topological polar surface area (TPSA) is 78.7 Å². The summed E-state index contributed by atoms with van der Waals surface area (Å²) < 4.78 is 1.83. The molecule has 1 aliphatic carbocycles. The molecule has 2 aliphatic rings. The maximum Gasteiger partial charge on any atom is 0.223 e. The minimum absolute atomic E-state index is 0.0766. The van der Waals surface area contributed by atoms with Crippen molar-refractivity contribution in [2.75, 3.05) is 38.1 Å². The van der Waals surface area contributed by atoms with Gasteiger partial charge in [-0.05, 0) is 57.9 Å². The number of amides is 1. The first-order chi connectivity index (χ1) is 17.1. The van der Waals surface area contributed by atoms with E-state index in [0.29, 0.717) is 6.04 Å². The Morgan fingerprint density at radius 3 is 2.63 bits per heavy atom. The molecule has 0 radical (unpaired) electrons. The smallest absolute Gasteiger partial charge is 0.223 e. The zero-order chi connectivity index (χ0) is 24.2. The van der Waals surface area contributed by atoms with Gasteiger partial charge in [-0.1, -0.05) is 43.0 Å². The van der Waals surface area contributed by atoms with Crippen molar-refractivity contribution in [2.45, 2.75) is 57.9 Å². The predicted molar refractivity (Wildman–Crippen MR) is 138 cm³/mol. The molecule has 1 aromatic carbocycles. The number of benzene rings is 1. The number of carbonyl (C=O) groups excluding carboxylic acids is 1. The van der Waals surface area contributed by atoms with E-state index in [9.17, 15) is 4.79 Å². The summed E-state index contributed by atoms with van der Waals surface area (Å²) >= 11 is 0. The number of nitrogens with zero attached hydrogens (tertiary/aromatic N) is 6. The van der Waals surface area contributed by atoms with E-state index >= 15 is 0 Å². The number of hydrogen-bond acceptors (Lipinski definition) is 6. The van der Waals surface area contributed by atoms with Crippen molar-refractivity contribution < 1.29 is 4.79 Å². The quantitative estimate of drug-likeness (QED) is 0.561. The number of fused-ring (bicyclic) bond motifs is 1. The van der Waals surface area contributed by atoms with Crippen LogP contribution in [0.2, 0.25) is 0 Å². The molecule has 5 rings (SSSR count). The second kappa shape index (κ2) is 10.7. The molecule has 1 aliphatic heterocycles. The van der Waals surface area contributed by atoms with Crippen LogP contribution in [0.3, 0.4) is 0 Å². The Labute approximate surface area is 207 Å². The molecule has 2 fully saturated rings. The van der Waals surface area contributed by atoms with E-state index in [1.165, 1.54) is 37.7 Å². The van der Waals surface area contributed by atoms with Crippen LogP contribution in [0.4, 0.5) is 5.82 Å². The first-order valence-electron chi connectivity index (χ1n) is 13.1. The third-order valence-electron chi connectivity index (χ3n) is 7.68. The number of hydrogen-bond donors (Lipinski definition) is 1. The number of anilines is 1. The van der Waals surface area contributed by atoms with Gasteiger partial charge in [0, 0.05) is 43.7 Å². The van der Waals surface area contributed by atoms with E-state index in [1.807, 2.05) is 28.8 Å². The van der Waals surface area contributed by atoms with Crippen LogP contribution in [0.1, 0.15) is 50.5 Å². The van der Waals surface area contributed by atoms with E-state index in [4.69, 9.17) is 5.10 Å². The molecular formula is C27H37N7O. The molecule has 8 heteroatoms. The van der Waals surface area contributed by atoms with E-state index in [2.05, 4.69) is 51.4 Å². The van der Waals surface area contributed by atoms with Gasteiger partial charge in [-0.3, -0.25) is 4.79 Å². The maximum atomic E-state index is 12.8. The molecule has 8 nitrogen and oxygen atoms in total. The average Bonchev–Trinajstić information content (AvgIpc) is 3.32. The van der Waals surface area contributed by atoms with Gasteiger partial charge in [0.15, 0.2) is 11.5 Å². The van der Waals surface area contributed by atoms with Crippen LogP contribution in [-0.4, -0.2) is 69.9 Å². The van der Waals surface area contributed by atoms with Crippen molar-refractivity contribution in [1.29, 1.82) is 0 Å². The molecule has 186 valence electrons. The van der Waals surface area contributed by atoms with Crippen LogP contribution in [-0.2, 0) is 4.79 Å². The molecule has 1 amide bonds. The Balaban J connectivity index is 1.15. The van der Waals surface area contributed by atoms with Crippen LogP contribution in [0.15, 0.2) is 36.4 Å². The second-order valence-corrected chi connectivity index (χ2v) is 10.2. The summed E-state index contributed by atoms with van der Waals surface area (Å²) in [4.78, 5) is 17.5. The van der Waals surface area contributed by atoms with Gasteiger partial charge in [0.2, 0.25) is 5.91 Å². The van der Waals surface area contributed by atoms with Crippen molar-refractivity contribution in [3.63, 3.8) is 0 Å². The predicted octanol–water partition coefficient (Wildman–Crippen LogP) is 3.70. The van der Waals surface area contributed by atoms with Crippen molar-refractivity contribution >= 4 is 17.4 Å². The summed E-state index contributed by atoms with van der Waals surface area (Å²) in [6.45, 7) is 5.38. The fourth-order valence-corrected chi connectivity index (χ4v) is 5.49. The van der Waals surface area contributed by atoms with Crippen molar-refractivity contribution in [3.05, 3.63) is 42.0 Å². The lowest BCUT2D eigenvalue weighted by Crippen LogP contribution is -2.44. The molecule has 0 unspecified atom stereocenters. The first kappa shape index (κ1) is 23.7. The molecule has 1 N–H and O–H groups in total. The van der Waals surface area contributed by atoms with Crippen LogP contribution in [0, 0.1) is 12.8 Å². The van der Waals surface area contributed by atoms with Gasteiger partial charge in [-0.25, -0.2) is 0 Å². The van der Waals surface area contributed by atoms with Gasteiger partial charge in [-0.2, -0.15) is 4.52 Å². The van der Waals surface area contributed by atoms with Crippen molar-refractivity contribution in [1.82, 2.24) is 30.0 Å². The van der Waals surface area contributed by atoms with Gasteiger partial charge in [0.1, 0.15) is 5.82 Å². The number of aryl methyl sites for hydroxylation is 1. The summed E-state index contributed by atoms with van der Waals surface area (Å²) in [5.74, 6) is 1.93. The Bertz CT molecular complexity index is 1150. The largest absolute Gasteiger partial charge is 0.355 e. The zero-order valence-corrected chi connectivity index (χ0v) is 21.0. The van der Waals surface area contributed by atoms with E-state index in [0.717, 1.165) is 61.9 Å². The first-order valence-corrected chi connectivity index (χ1v) is 13.1. The number of aromatic nitrogens is 4. The van der Waals surface area contributed by atoms with Crippen molar-refractivity contribution in [2.24, 2.45) is 5.92 Å². The third kappa shape index (κ3) is 5.48. The number of nitrogens with one attached hydrogen (secondary N) is 1. The minimum atomic E-state index is 0.0766. The van der Waals surface area contributed by atoms with E-state index < -0.39 is 0 Å². The van der Waals surface area contributed by atoms with Crippen LogP contribution < -0.4 is 10.2 Å². The summed E-state index contributed by atoms with van der Waals surface area (Å²) in [6, 6.07) is 12.9. The highest BCUT2D eigenvalue weighted by molar-refractivity contribution is 5.79. The molecule has 0 atom stereocenters. The summed E-state index contributed by atoms with van der Waals surface area (Å²) in [5, 5.41) is 16.7. The molecule has 1 saturated heterocycles. The van der Waals surface area contributed by atoms with E-state index in [1.54, 1.807) is 0 Å². The average molecular weight is 476 g/mol. The summed E-state index contributed by atoms with van der Waals surface area (Å²) in [7, 11) is 2.20. The molecule has 0 spiro atoms. The van der Waals surface area contributed by atoms with Gasteiger partial charge < -0.3 is 15.1 Å². The highest BCUT2D eigenvalue weighted by atomic mass is 16.1. The van der Waals surface area contributed by atoms with Gasteiger partial charge >= 0.3 is 0 Å². The summed E-state index contributed by atoms with van der Waals surface area (Å²) in [6.07, 6.45) is 8.33. The molecule has 3 aromatic rings. The molecule has 3 heterocycles. The Kier molecular flexibility index (Phi) is 7.27. The SMILES string of the molecule is Cc1cccc(-c2nnc3ccc(N4CCC(C(=O)NCCN(C)C5CCCCC5)CC4)nn23)c1. The lowest BCUT2D eigenvalue weighted by atomic mass is 9.94.